The Morgan fingerprint density at radius 2 is 2.13 bits per heavy atom. The summed E-state index contributed by atoms with van der Waals surface area (Å²) in [5.74, 6) is 1.68. The fourth-order valence-electron chi connectivity index (χ4n) is 3.16. The highest BCUT2D eigenvalue weighted by atomic mass is 35.5. The van der Waals surface area contributed by atoms with Crippen LogP contribution in [0.2, 0.25) is 0 Å². The lowest BCUT2D eigenvalue weighted by atomic mass is 9.92. The fourth-order valence-corrected chi connectivity index (χ4v) is 3.16. The zero-order valence-electron chi connectivity index (χ0n) is 14.4. The van der Waals surface area contributed by atoms with Gasteiger partial charge >= 0.3 is 0 Å². The molecule has 1 aromatic carbocycles. The normalized spacial score (nSPS) is 20.8. The van der Waals surface area contributed by atoms with Gasteiger partial charge in [0.1, 0.15) is 5.75 Å². The number of carbonyl (C=O) groups excluding carboxylic acids is 1. The number of piperidine rings is 1. The van der Waals surface area contributed by atoms with Crippen molar-refractivity contribution in [3.63, 3.8) is 0 Å². The first-order valence-corrected chi connectivity index (χ1v) is 8.21. The Balaban J connectivity index is 0.00000264. The van der Waals surface area contributed by atoms with Gasteiger partial charge in [0, 0.05) is 19.1 Å². The van der Waals surface area contributed by atoms with E-state index in [0.717, 1.165) is 30.7 Å². The van der Waals surface area contributed by atoms with Crippen molar-refractivity contribution in [2.45, 2.75) is 46.1 Å². The number of hydrogen-bond acceptors (Lipinski definition) is 3. The number of halogens is 1. The van der Waals surface area contributed by atoms with Gasteiger partial charge in [0.05, 0.1) is 13.0 Å². The lowest BCUT2D eigenvalue weighted by molar-refractivity contribution is -0.135. The minimum atomic E-state index is 0. The summed E-state index contributed by atoms with van der Waals surface area (Å²) < 4.78 is 5.76. The van der Waals surface area contributed by atoms with Crippen molar-refractivity contribution < 1.29 is 9.53 Å². The molecule has 1 heterocycles. The molecule has 0 spiro atoms. The molecule has 0 radical (unpaired) electrons. The van der Waals surface area contributed by atoms with Crippen LogP contribution in [0, 0.1) is 19.8 Å². The summed E-state index contributed by atoms with van der Waals surface area (Å²) in [6.45, 7) is 8.12. The highest BCUT2D eigenvalue weighted by Gasteiger charge is 2.28. The predicted octanol–water partition coefficient (Wildman–Crippen LogP) is 3.08. The molecule has 1 aromatic rings. The van der Waals surface area contributed by atoms with Crippen LogP contribution in [0.1, 0.15) is 37.3 Å². The first kappa shape index (κ1) is 19.8. The van der Waals surface area contributed by atoms with E-state index in [2.05, 4.69) is 19.9 Å². The molecule has 1 aliphatic heterocycles. The van der Waals surface area contributed by atoms with Crippen LogP contribution >= 0.6 is 12.4 Å². The first-order valence-electron chi connectivity index (χ1n) is 8.21. The predicted molar refractivity (Wildman–Crippen MR) is 96.2 cm³/mol. The molecule has 0 bridgehead atoms. The number of aryl methyl sites for hydroxylation is 2. The smallest absolute Gasteiger partial charge is 0.226 e. The first-order chi connectivity index (χ1) is 10.5. The molecule has 2 atom stereocenters. The van der Waals surface area contributed by atoms with E-state index in [4.69, 9.17) is 10.5 Å². The van der Waals surface area contributed by atoms with Gasteiger partial charge in [0.2, 0.25) is 5.91 Å². The van der Waals surface area contributed by atoms with Crippen LogP contribution in [0.25, 0.3) is 0 Å². The van der Waals surface area contributed by atoms with Crippen molar-refractivity contribution >= 4 is 18.3 Å². The minimum absolute atomic E-state index is 0. The average molecular weight is 341 g/mol. The number of nitrogens with two attached hydrogens (primary N) is 1. The standard InChI is InChI=1S/C18H28N2O2.ClH/c1-13-4-5-17(15(3)10-13)22-9-7-18(21)20-8-6-14(2)11-16(20)12-19;/h4-5,10,14,16H,6-9,11-12,19H2,1-3H3;1H. The number of likely N-dealkylation sites (tertiary alicyclic amines) is 1. The van der Waals surface area contributed by atoms with Crippen LogP contribution in [0.5, 0.6) is 5.75 Å². The maximum atomic E-state index is 12.4. The minimum Gasteiger partial charge on any atom is -0.493 e. The molecule has 1 aliphatic rings. The summed E-state index contributed by atoms with van der Waals surface area (Å²) >= 11 is 0. The molecule has 2 unspecified atom stereocenters. The fraction of sp³-hybridized carbons (Fsp3) is 0.611. The Morgan fingerprint density at radius 1 is 1.39 bits per heavy atom. The Labute approximate surface area is 145 Å². The van der Waals surface area contributed by atoms with Gasteiger partial charge in [-0.15, -0.1) is 12.4 Å². The molecule has 0 aromatic heterocycles. The Hall–Kier alpha value is -1.26. The van der Waals surface area contributed by atoms with Crippen LogP contribution in [0.15, 0.2) is 18.2 Å². The van der Waals surface area contributed by atoms with Crippen LogP contribution in [-0.4, -0.2) is 36.5 Å². The third-order valence-corrected chi connectivity index (χ3v) is 4.47. The second-order valence-corrected chi connectivity index (χ2v) is 6.47. The maximum absolute atomic E-state index is 12.4. The average Bonchev–Trinajstić information content (AvgIpc) is 2.49. The van der Waals surface area contributed by atoms with Crippen LogP contribution in [-0.2, 0) is 4.79 Å². The highest BCUT2D eigenvalue weighted by molar-refractivity contribution is 5.85. The monoisotopic (exact) mass is 340 g/mol. The number of amides is 1. The molecule has 1 amide bonds. The van der Waals surface area contributed by atoms with E-state index in [-0.39, 0.29) is 24.4 Å². The van der Waals surface area contributed by atoms with Crippen molar-refractivity contribution in [2.24, 2.45) is 11.7 Å². The molecule has 0 saturated carbocycles. The number of benzene rings is 1. The summed E-state index contributed by atoms with van der Waals surface area (Å²) in [4.78, 5) is 14.3. The number of hydrogen-bond donors (Lipinski definition) is 1. The Kier molecular flexibility index (Phi) is 7.86. The van der Waals surface area contributed by atoms with Crippen LogP contribution in [0.4, 0.5) is 0 Å². The summed E-state index contributed by atoms with van der Waals surface area (Å²) in [5.41, 5.74) is 8.15. The van der Waals surface area contributed by atoms with E-state index in [1.54, 1.807) is 0 Å². The zero-order chi connectivity index (χ0) is 16.1. The molecule has 5 heteroatoms. The zero-order valence-corrected chi connectivity index (χ0v) is 15.2. The van der Waals surface area contributed by atoms with Gasteiger partial charge in [-0.25, -0.2) is 0 Å². The van der Waals surface area contributed by atoms with E-state index in [1.165, 1.54) is 5.56 Å². The molecular formula is C18H29ClN2O2. The summed E-state index contributed by atoms with van der Waals surface area (Å²) in [5, 5.41) is 0. The SMILES string of the molecule is Cc1ccc(OCCC(=O)N2CCC(C)CC2CN)c(C)c1.Cl. The van der Waals surface area contributed by atoms with E-state index in [9.17, 15) is 4.79 Å². The molecule has 23 heavy (non-hydrogen) atoms. The van der Waals surface area contributed by atoms with Gasteiger partial charge in [-0.2, -0.15) is 0 Å². The van der Waals surface area contributed by atoms with E-state index >= 15 is 0 Å². The van der Waals surface area contributed by atoms with Crippen molar-refractivity contribution in [1.82, 2.24) is 4.90 Å². The number of nitrogens with zero attached hydrogens (tertiary/aromatic N) is 1. The van der Waals surface area contributed by atoms with Crippen LogP contribution in [0.3, 0.4) is 0 Å². The Bertz CT molecular complexity index is 522. The molecule has 130 valence electrons. The topological polar surface area (TPSA) is 55.6 Å². The largest absolute Gasteiger partial charge is 0.493 e. The molecule has 1 saturated heterocycles. The molecular weight excluding hydrogens is 312 g/mol. The third kappa shape index (κ3) is 5.40. The van der Waals surface area contributed by atoms with Crippen molar-refractivity contribution in [1.29, 1.82) is 0 Å². The molecule has 4 nitrogen and oxygen atoms in total. The van der Waals surface area contributed by atoms with Gasteiger partial charge in [-0.1, -0.05) is 24.6 Å². The van der Waals surface area contributed by atoms with Gasteiger partial charge in [-0.05, 0) is 44.2 Å². The van der Waals surface area contributed by atoms with Crippen LogP contribution < -0.4 is 10.5 Å². The van der Waals surface area contributed by atoms with Gasteiger partial charge in [0.15, 0.2) is 0 Å². The second kappa shape index (κ2) is 9.14. The second-order valence-electron chi connectivity index (χ2n) is 6.47. The van der Waals surface area contributed by atoms with Crippen molar-refractivity contribution in [3.8, 4) is 5.75 Å². The molecule has 0 aliphatic carbocycles. The summed E-state index contributed by atoms with van der Waals surface area (Å²) in [7, 11) is 0. The lowest BCUT2D eigenvalue weighted by Crippen LogP contribution is -2.49. The van der Waals surface area contributed by atoms with Gasteiger partial charge in [-0.3, -0.25) is 4.79 Å². The molecule has 1 fully saturated rings. The van der Waals surface area contributed by atoms with Crippen molar-refractivity contribution in [2.75, 3.05) is 19.7 Å². The Morgan fingerprint density at radius 3 is 2.78 bits per heavy atom. The maximum Gasteiger partial charge on any atom is 0.226 e. The van der Waals surface area contributed by atoms with Gasteiger partial charge < -0.3 is 15.4 Å². The summed E-state index contributed by atoms with van der Waals surface area (Å²) in [6, 6.07) is 6.28. The van der Waals surface area contributed by atoms with E-state index < -0.39 is 0 Å². The van der Waals surface area contributed by atoms with Gasteiger partial charge in [0.25, 0.3) is 0 Å². The van der Waals surface area contributed by atoms with Crippen molar-refractivity contribution in [3.05, 3.63) is 29.3 Å². The van der Waals surface area contributed by atoms with E-state index in [1.807, 2.05) is 24.0 Å². The quantitative estimate of drug-likeness (QED) is 0.896. The van der Waals surface area contributed by atoms with E-state index in [0.29, 0.717) is 25.5 Å². The molecule has 2 N–H and O–H groups in total. The number of rotatable bonds is 5. The number of carbonyl (C=O) groups is 1. The summed E-state index contributed by atoms with van der Waals surface area (Å²) in [6.07, 6.45) is 2.50. The molecule has 2 rings (SSSR count). The number of ether oxygens (including phenoxy) is 1. The lowest BCUT2D eigenvalue weighted by Gasteiger charge is -2.38. The third-order valence-electron chi connectivity index (χ3n) is 4.47. The highest BCUT2D eigenvalue weighted by Crippen LogP contribution is 2.23.